The molecule has 0 radical (unpaired) electrons. The second-order valence-electron chi connectivity index (χ2n) is 6.70. The van der Waals surface area contributed by atoms with Crippen LogP contribution in [0, 0.1) is 40.4 Å². The Morgan fingerprint density at radius 2 is 1.43 bits per heavy atom. The molecule has 6 atom stereocenters. The van der Waals surface area contributed by atoms with Gasteiger partial charge in [-0.1, -0.05) is 48.5 Å². The fourth-order valence-corrected chi connectivity index (χ4v) is 4.87. The van der Waals surface area contributed by atoms with Crippen LogP contribution in [-0.2, 0) is 0 Å². The normalized spacial score (nSPS) is 57.9. The van der Waals surface area contributed by atoms with Crippen LogP contribution >= 0.6 is 0 Å². The topological polar surface area (TPSA) is 0 Å². The van der Waals surface area contributed by atoms with E-state index in [9.17, 15) is 0 Å². The third kappa shape index (κ3) is 0.785. The Kier molecular flexibility index (Phi) is 1.93. The first-order chi connectivity index (χ1) is 6.29. The molecule has 0 heteroatoms. The summed E-state index contributed by atoms with van der Waals surface area (Å²) in [6.45, 7) is 17.2. The average molecular weight is 194 g/mol. The van der Waals surface area contributed by atoms with E-state index in [1.54, 1.807) is 0 Å². The first-order valence-electron chi connectivity index (χ1n) is 6.29. The summed E-state index contributed by atoms with van der Waals surface area (Å²) < 4.78 is 0. The minimum Gasteiger partial charge on any atom is -0.0625 e. The van der Waals surface area contributed by atoms with Crippen LogP contribution in [0.25, 0.3) is 0 Å². The highest BCUT2D eigenvalue weighted by Crippen LogP contribution is 2.87. The molecule has 0 saturated heterocycles. The van der Waals surface area contributed by atoms with E-state index < -0.39 is 0 Å². The van der Waals surface area contributed by atoms with E-state index in [0.29, 0.717) is 10.8 Å². The van der Waals surface area contributed by atoms with E-state index in [2.05, 4.69) is 48.5 Å². The maximum atomic E-state index is 2.53. The summed E-state index contributed by atoms with van der Waals surface area (Å²) in [7, 11) is 0. The smallest absolute Gasteiger partial charge is 0.0202 e. The third-order valence-electron chi connectivity index (χ3n) is 6.67. The average Bonchev–Trinajstić information content (AvgIpc) is 2.49. The monoisotopic (exact) mass is 194 g/mol. The van der Waals surface area contributed by atoms with Crippen LogP contribution in [-0.4, -0.2) is 0 Å². The molecule has 82 valence electrons. The molecule has 0 spiro atoms. The number of rotatable bonds is 2. The molecule has 2 rings (SSSR count). The first kappa shape index (κ1) is 10.5. The largest absolute Gasteiger partial charge is 0.0625 e. The molecule has 2 aliphatic rings. The van der Waals surface area contributed by atoms with Gasteiger partial charge in [-0.3, -0.25) is 0 Å². The van der Waals surface area contributed by atoms with Crippen LogP contribution in [0.15, 0.2) is 0 Å². The molecule has 0 bridgehead atoms. The summed E-state index contributed by atoms with van der Waals surface area (Å²) in [5.74, 6) is 4.61. The molecule has 2 fully saturated rings. The summed E-state index contributed by atoms with van der Waals surface area (Å²) >= 11 is 0. The van der Waals surface area contributed by atoms with E-state index >= 15 is 0 Å². The van der Waals surface area contributed by atoms with Crippen molar-refractivity contribution in [3.8, 4) is 0 Å². The highest BCUT2D eigenvalue weighted by Gasteiger charge is 2.83. The Balaban J connectivity index is 2.19. The van der Waals surface area contributed by atoms with Gasteiger partial charge in [-0.2, -0.15) is 0 Å². The minimum atomic E-state index is 0.677. The molecular formula is C14H26. The Labute approximate surface area is 89.5 Å². The molecule has 6 unspecified atom stereocenters. The maximum absolute atomic E-state index is 2.53. The second kappa shape index (κ2) is 2.57. The number of hydrogen-bond acceptors (Lipinski definition) is 0. The lowest BCUT2D eigenvalue weighted by Crippen LogP contribution is -2.46. The van der Waals surface area contributed by atoms with Crippen molar-refractivity contribution in [3.63, 3.8) is 0 Å². The second-order valence-corrected chi connectivity index (χ2v) is 6.70. The van der Waals surface area contributed by atoms with Gasteiger partial charge in [0.2, 0.25) is 0 Å². The van der Waals surface area contributed by atoms with Gasteiger partial charge in [-0.15, -0.1) is 0 Å². The molecule has 0 nitrogen and oxygen atoms in total. The molecule has 0 heterocycles. The summed E-state index contributed by atoms with van der Waals surface area (Å²) in [6.07, 6.45) is 0. The lowest BCUT2D eigenvalue weighted by atomic mass is 9.53. The van der Waals surface area contributed by atoms with Crippen molar-refractivity contribution in [1.29, 1.82) is 0 Å². The highest BCUT2D eigenvalue weighted by molar-refractivity contribution is 5.30. The molecular weight excluding hydrogens is 168 g/mol. The van der Waals surface area contributed by atoms with Crippen molar-refractivity contribution in [2.45, 2.75) is 48.5 Å². The Morgan fingerprint density at radius 1 is 0.929 bits per heavy atom. The highest BCUT2D eigenvalue weighted by atomic mass is 14.9. The van der Waals surface area contributed by atoms with Crippen LogP contribution in [0.5, 0.6) is 0 Å². The van der Waals surface area contributed by atoms with Crippen LogP contribution in [0.3, 0.4) is 0 Å². The third-order valence-corrected chi connectivity index (χ3v) is 6.67. The Morgan fingerprint density at radius 3 is 1.71 bits per heavy atom. The van der Waals surface area contributed by atoms with Crippen molar-refractivity contribution >= 4 is 0 Å². The van der Waals surface area contributed by atoms with E-state index in [1.807, 2.05) is 0 Å². The lowest BCUT2D eigenvalue weighted by molar-refractivity contribution is -0.0361. The molecule has 0 aromatic heterocycles. The van der Waals surface area contributed by atoms with Gasteiger partial charge in [0.15, 0.2) is 0 Å². The van der Waals surface area contributed by atoms with Gasteiger partial charge >= 0.3 is 0 Å². The molecule has 2 aliphatic carbocycles. The zero-order chi connectivity index (χ0) is 10.9. The summed E-state index contributed by atoms with van der Waals surface area (Å²) in [6, 6.07) is 0. The number of fused-ring (bicyclic) bond motifs is 1. The zero-order valence-corrected chi connectivity index (χ0v) is 10.9. The van der Waals surface area contributed by atoms with Crippen molar-refractivity contribution in [2.75, 3.05) is 0 Å². The molecule has 0 amide bonds. The minimum absolute atomic E-state index is 0.677. The van der Waals surface area contributed by atoms with E-state index in [1.165, 1.54) is 0 Å². The van der Waals surface area contributed by atoms with E-state index in [-0.39, 0.29) is 0 Å². The van der Waals surface area contributed by atoms with Crippen LogP contribution < -0.4 is 0 Å². The van der Waals surface area contributed by atoms with Crippen LogP contribution in [0.1, 0.15) is 48.5 Å². The standard InChI is InChI=1S/C14H26/c1-8(2)9(3)12-10(4)13(6)11(5)14(12,13)7/h8-12H,1-7H3. The van der Waals surface area contributed by atoms with Gasteiger partial charge in [-0.25, -0.2) is 0 Å². The fourth-order valence-electron chi connectivity index (χ4n) is 4.87. The van der Waals surface area contributed by atoms with Crippen molar-refractivity contribution < 1.29 is 0 Å². The predicted molar refractivity (Wildman–Crippen MR) is 62.0 cm³/mol. The Bertz CT molecular complexity index is 251. The summed E-state index contributed by atoms with van der Waals surface area (Å²) in [4.78, 5) is 0. The maximum Gasteiger partial charge on any atom is -0.0202 e. The lowest BCUT2D eigenvalue weighted by Gasteiger charge is -2.51. The predicted octanol–water partition coefficient (Wildman–Crippen LogP) is 4.21. The van der Waals surface area contributed by atoms with Crippen LogP contribution in [0.4, 0.5) is 0 Å². The van der Waals surface area contributed by atoms with Gasteiger partial charge in [0.25, 0.3) is 0 Å². The van der Waals surface area contributed by atoms with E-state index in [0.717, 1.165) is 29.6 Å². The SMILES string of the molecule is CC(C)C(C)C1C(C)C2(C)C(C)C12C. The summed E-state index contributed by atoms with van der Waals surface area (Å²) in [5.41, 5.74) is 1.36. The number of hydrogen-bond donors (Lipinski definition) is 0. The van der Waals surface area contributed by atoms with Gasteiger partial charge in [0, 0.05) is 0 Å². The van der Waals surface area contributed by atoms with Crippen molar-refractivity contribution in [1.82, 2.24) is 0 Å². The van der Waals surface area contributed by atoms with Crippen molar-refractivity contribution in [2.24, 2.45) is 40.4 Å². The Hall–Kier alpha value is 0. The zero-order valence-electron chi connectivity index (χ0n) is 10.9. The van der Waals surface area contributed by atoms with Gasteiger partial charge in [0.1, 0.15) is 0 Å². The molecule has 0 aliphatic heterocycles. The first-order valence-corrected chi connectivity index (χ1v) is 6.29. The molecule has 0 N–H and O–H groups in total. The van der Waals surface area contributed by atoms with Crippen LogP contribution in [0.2, 0.25) is 0 Å². The molecule has 0 aromatic rings. The quantitative estimate of drug-likeness (QED) is 0.618. The van der Waals surface area contributed by atoms with Crippen molar-refractivity contribution in [3.05, 3.63) is 0 Å². The van der Waals surface area contributed by atoms with E-state index in [4.69, 9.17) is 0 Å². The summed E-state index contributed by atoms with van der Waals surface area (Å²) in [5, 5.41) is 0. The van der Waals surface area contributed by atoms with Gasteiger partial charge < -0.3 is 0 Å². The molecule has 14 heavy (non-hydrogen) atoms. The molecule has 2 saturated carbocycles. The fraction of sp³-hybridized carbons (Fsp3) is 1.00. The van der Waals surface area contributed by atoms with Gasteiger partial charge in [0.05, 0.1) is 0 Å². The molecule has 0 aromatic carbocycles. The van der Waals surface area contributed by atoms with Gasteiger partial charge in [-0.05, 0) is 40.4 Å².